The molecule has 0 unspecified atom stereocenters. The molecule has 0 saturated carbocycles. The summed E-state index contributed by atoms with van der Waals surface area (Å²) in [7, 11) is 0. The SMILES string of the molecule is CCOc1c(C=O)oc2cnccc12. The van der Waals surface area contributed by atoms with E-state index < -0.39 is 0 Å². The Morgan fingerprint density at radius 1 is 1.64 bits per heavy atom. The molecule has 0 N–H and O–H groups in total. The minimum Gasteiger partial charge on any atom is -0.489 e. The van der Waals surface area contributed by atoms with Crippen LogP contribution in [0.2, 0.25) is 0 Å². The number of rotatable bonds is 3. The largest absolute Gasteiger partial charge is 0.489 e. The molecule has 0 aromatic carbocycles. The smallest absolute Gasteiger partial charge is 0.209 e. The number of hydrogen-bond acceptors (Lipinski definition) is 4. The second-order valence-corrected chi connectivity index (χ2v) is 2.72. The molecule has 0 amide bonds. The van der Waals surface area contributed by atoms with Gasteiger partial charge in [-0.15, -0.1) is 0 Å². The van der Waals surface area contributed by atoms with Crippen LogP contribution < -0.4 is 4.74 Å². The van der Waals surface area contributed by atoms with Gasteiger partial charge >= 0.3 is 0 Å². The fraction of sp³-hybridized carbons (Fsp3) is 0.200. The number of fused-ring (bicyclic) bond motifs is 1. The number of furan rings is 1. The first-order chi connectivity index (χ1) is 6.86. The van der Waals surface area contributed by atoms with Crippen molar-refractivity contribution in [3.63, 3.8) is 0 Å². The van der Waals surface area contributed by atoms with E-state index in [9.17, 15) is 4.79 Å². The molecule has 2 aromatic heterocycles. The molecule has 2 heterocycles. The number of ether oxygens (including phenoxy) is 1. The van der Waals surface area contributed by atoms with Crippen LogP contribution in [0.4, 0.5) is 0 Å². The van der Waals surface area contributed by atoms with E-state index in [0.717, 1.165) is 5.39 Å². The van der Waals surface area contributed by atoms with E-state index >= 15 is 0 Å². The highest BCUT2D eigenvalue weighted by Gasteiger charge is 2.13. The quantitative estimate of drug-likeness (QED) is 0.696. The second kappa shape index (κ2) is 3.49. The third-order valence-electron chi connectivity index (χ3n) is 1.87. The molecule has 0 fully saturated rings. The van der Waals surface area contributed by atoms with Gasteiger partial charge in [-0.2, -0.15) is 0 Å². The molecular formula is C10H9NO3. The summed E-state index contributed by atoms with van der Waals surface area (Å²) in [5.41, 5.74) is 0.568. The minimum atomic E-state index is 0.217. The number of nitrogens with zero attached hydrogens (tertiary/aromatic N) is 1. The Balaban J connectivity index is 2.67. The zero-order chi connectivity index (χ0) is 9.97. The van der Waals surface area contributed by atoms with Crippen molar-refractivity contribution in [2.75, 3.05) is 6.61 Å². The van der Waals surface area contributed by atoms with Crippen molar-refractivity contribution in [2.24, 2.45) is 0 Å². The first-order valence-electron chi connectivity index (χ1n) is 4.31. The van der Waals surface area contributed by atoms with Crippen LogP contribution in [0, 0.1) is 0 Å². The van der Waals surface area contributed by atoms with Crippen molar-refractivity contribution in [3.8, 4) is 5.75 Å². The molecule has 2 rings (SSSR count). The van der Waals surface area contributed by atoms with Gasteiger partial charge in [0.05, 0.1) is 18.2 Å². The summed E-state index contributed by atoms with van der Waals surface area (Å²) in [6.45, 7) is 2.35. The van der Waals surface area contributed by atoms with Crippen LogP contribution in [-0.2, 0) is 0 Å². The number of carbonyl (C=O) groups is 1. The topological polar surface area (TPSA) is 52.3 Å². The lowest BCUT2D eigenvalue weighted by Crippen LogP contribution is -1.92. The number of aromatic nitrogens is 1. The number of carbonyl (C=O) groups excluding carboxylic acids is 1. The summed E-state index contributed by atoms with van der Waals surface area (Å²) in [6, 6.07) is 1.76. The van der Waals surface area contributed by atoms with E-state index in [0.29, 0.717) is 24.2 Å². The summed E-state index contributed by atoms with van der Waals surface area (Å²) in [6.07, 6.45) is 3.84. The van der Waals surface area contributed by atoms with Crippen molar-refractivity contribution in [1.29, 1.82) is 0 Å². The summed E-state index contributed by atoms with van der Waals surface area (Å²) in [5, 5.41) is 0.781. The maximum absolute atomic E-state index is 10.7. The van der Waals surface area contributed by atoms with E-state index in [1.807, 2.05) is 6.92 Å². The molecule has 0 aliphatic rings. The van der Waals surface area contributed by atoms with Gasteiger partial charge in [-0.1, -0.05) is 0 Å². The van der Waals surface area contributed by atoms with E-state index in [4.69, 9.17) is 9.15 Å². The Bertz CT molecular complexity index is 461. The van der Waals surface area contributed by atoms with Gasteiger partial charge < -0.3 is 9.15 Å². The van der Waals surface area contributed by atoms with Gasteiger partial charge in [-0.05, 0) is 13.0 Å². The molecule has 0 aliphatic heterocycles. The van der Waals surface area contributed by atoms with Crippen LogP contribution in [0.1, 0.15) is 17.5 Å². The predicted molar refractivity (Wildman–Crippen MR) is 50.6 cm³/mol. The molecule has 0 aliphatic carbocycles. The van der Waals surface area contributed by atoms with Crippen molar-refractivity contribution < 1.29 is 13.9 Å². The van der Waals surface area contributed by atoms with Crippen molar-refractivity contribution >= 4 is 17.3 Å². The van der Waals surface area contributed by atoms with Crippen LogP contribution in [0.3, 0.4) is 0 Å². The summed E-state index contributed by atoms with van der Waals surface area (Å²) in [5.74, 6) is 0.717. The highest BCUT2D eigenvalue weighted by Crippen LogP contribution is 2.31. The van der Waals surface area contributed by atoms with Gasteiger partial charge in [0.2, 0.25) is 5.76 Å². The molecule has 0 radical (unpaired) electrons. The van der Waals surface area contributed by atoms with Crippen LogP contribution >= 0.6 is 0 Å². The van der Waals surface area contributed by atoms with Crippen molar-refractivity contribution in [3.05, 3.63) is 24.2 Å². The first kappa shape index (κ1) is 8.74. The zero-order valence-electron chi connectivity index (χ0n) is 7.69. The Labute approximate surface area is 80.5 Å². The Morgan fingerprint density at radius 3 is 3.21 bits per heavy atom. The van der Waals surface area contributed by atoms with Crippen LogP contribution in [0.5, 0.6) is 5.75 Å². The maximum Gasteiger partial charge on any atom is 0.209 e. The molecule has 4 heteroatoms. The minimum absolute atomic E-state index is 0.217. The van der Waals surface area contributed by atoms with E-state index in [-0.39, 0.29) is 5.76 Å². The van der Waals surface area contributed by atoms with E-state index in [1.54, 1.807) is 18.5 Å². The maximum atomic E-state index is 10.7. The average Bonchev–Trinajstić information content (AvgIpc) is 2.58. The Hall–Kier alpha value is -1.84. The molecular weight excluding hydrogens is 182 g/mol. The molecule has 14 heavy (non-hydrogen) atoms. The molecule has 0 atom stereocenters. The highest BCUT2D eigenvalue weighted by molar-refractivity contribution is 5.92. The average molecular weight is 191 g/mol. The predicted octanol–water partition coefficient (Wildman–Crippen LogP) is 2.04. The standard InChI is InChI=1S/C10H9NO3/c1-2-13-10-7-3-4-11-5-8(7)14-9(10)6-12/h3-6H,2H2,1H3. The van der Waals surface area contributed by atoms with Crippen LogP contribution in [-0.4, -0.2) is 17.9 Å². The highest BCUT2D eigenvalue weighted by atomic mass is 16.5. The third-order valence-corrected chi connectivity index (χ3v) is 1.87. The van der Waals surface area contributed by atoms with Crippen LogP contribution in [0.15, 0.2) is 22.9 Å². The number of aldehydes is 1. The second-order valence-electron chi connectivity index (χ2n) is 2.72. The molecule has 2 aromatic rings. The lowest BCUT2D eigenvalue weighted by molar-refractivity contribution is 0.109. The van der Waals surface area contributed by atoms with Gasteiger partial charge in [-0.3, -0.25) is 9.78 Å². The third kappa shape index (κ3) is 1.25. The lowest BCUT2D eigenvalue weighted by atomic mass is 10.3. The number of hydrogen-bond donors (Lipinski definition) is 0. The van der Waals surface area contributed by atoms with Gasteiger partial charge in [0.25, 0.3) is 0 Å². The Morgan fingerprint density at radius 2 is 2.50 bits per heavy atom. The van der Waals surface area contributed by atoms with Crippen molar-refractivity contribution in [2.45, 2.75) is 6.92 Å². The summed E-state index contributed by atoms with van der Waals surface area (Å²) >= 11 is 0. The zero-order valence-corrected chi connectivity index (χ0v) is 7.69. The fourth-order valence-electron chi connectivity index (χ4n) is 1.32. The van der Waals surface area contributed by atoms with Gasteiger partial charge in [0.1, 0.15) is 0 Å². The monoisotopic (exact) mass is 191 g/mol. The summed E-state index contributed by atoms with van der Waals surface area (Å²) < 4.78 is 10.6. The van der Waals surface area contributed by atoms with Gasteiger partial charge in [0.15, 0.2) is 17.6 Å². The van der Waals surface area contributed by atoms with Crippen molar-refractivity contribution in [1.82, 2.24) is 4.98 Å². The molecule has 72 valence electrons. The van der Waals surface area contributed by atoms with Crippen LogP contribution in [0.25, 0.3) is 11.0 Å². The molecule has 0 spiro atoms. The summed E-state index contributed by atoms with van der Waals surface area (Å²) in [4.78, 5) is 14.6. The normalized spacial score (nSPS) is 10.4. The molecule has 0 bridgehead atoms. The molecule has 4 nitrogen and oxygen atoms in total. The number of pyridine rings is 1. The fourth-order valence-corrected chi connectivity index (χ4v) is 1.32. The van der Waals surface area contributed by atoms with Gasteiger partial charge in [0, 0.05) is 6.20 Å². The Kier molecular flexibility index (Phi) is 2.18. The van der Waals surface area contributed by atoms with E-state index in [1.165, 1.54) is 0 Å². The first-order valence-corrected chi connectivity index (χ1v) is 4.31. The van der Waals surface area contributed by atoms with E-state index in [2.05, 4.69) is 4.98 Å². The lowest BCUT2D eigenvalue weighted by Gasteiger charge is -1.98. The van der Waals surface area contributed by atoms with Gasteiger partial charge in [-0.25, -0.2) is 0 Å². The molecule has 0 saturated heterocycles.